The summed E-state index contributed by atoms with van der Waals surface area (Å²) in [5.74, 6) is 1.44. The Bertz CT molecular complexity index is 1160. The molecule has 9 heteroatoms. The van der Waals surface area contributed by atoms with Gasteiger partial charge in [0, 0.05) is 16.5 Å². The summed E-state index contributed by atoms with van der Waals surface area (Å²) in [6, 6.07) is 14.7. The van der Waals surface area contributed by atoms with Crippen molar-refractivity contribution in [3.8, 4) is 5.75 Å². The minimum Gasteiger partial charge on any atom is -0.497 e. The maximum atomic E-state index is 12.6. The third-order valence-corrected chi connectivity index (χ3v) is 6.22. The van der Waals surface area contributed by atoms with Gasteiger partial charge in [0.25, 0.3) is 0 Å². The largest absolute Gasteiger partial charge is 0.497 e. The Kier molecular flexibility index (Phi) is 6.20. The standard InChI is InChI=1S/C22H21ClN4O3S/c1-13-18(20(28)30-3)19(14-8-6-9-16(11-14)29-2)27-21(24-13)25-22(26-27)31-12-15-7-4-5-10-17(15)23/h4-11,19H,12H2,1-3H3,(H,24,25,26). The minimum atomic E-state index is -0.499. The first-order valence-electron chi connectivity index (χ1n) is 9.54. The fourth-order valence-electron chi connectivity index (χ4n) is 3.44. The first kappa shape index (κ1) is 21.3. The number of carbonyl (C=O) groups excluding carboxylic acids is 1. The van der Waals surface area contributed by atoms with Gasteiger partial charge < -0.3 is 14.8 Å². The van der Waals surface area contributed by atoms with Crippen molar-refractivity contribution in [1.82, 2.24) is 14.8 Å². The highest BCUT2D eigenvalue weighted by Gasteiger charge is 2.35. The highest BCUT2D eigenvalue weighted by Crippen LogP contribution is 2.38. The van der Waals surface area contributed by atoms with Crippen molar-refractivity contribution in [2.75, 3.05) is 19.5 Å². The van der Waals surface area contributed by atoms with Gasteiger partial charge in [0.1, 0.15) is 11.8 Å². The molecule has 0 spiro atoms. The fraction of sp³-hybridized carbons (Fsp3) is 0.227. The lowest BCUT2D eigenvalue weighted by Gasteiger charge is -2.28. The van der Waals surface area contributed by atoms with Crippen LogP contribution < -0.4 is 10.1 Å². The molecule has 4 rings (SSSR count). The second kappa shape index (κ2) is 9.03. The molecular weight excluding hydrogens is 436 g/mol. The lowest BCUT2D eigenvalue weighted by Crippen LogP contribution is -2.29. The summed E-state index contributed by atoms with van der Waals surface area (Å²) in [4.78, 5) is 17.3. The number of nitrogens with zero attached hydrogens (tertiary/aromatic N) is 3. The minimum absolute atomic E-state index is 0.427. The van der Waals surface area contributed by atoms with E-state index in [4.69, 9.17) is 26.2 Å². The number of thioether (sulfide) groups is 1. The number of benzene rings is 2. The number of anilines is 1. The van der Waals surface area contributed by atoms with Crippen molar-refractivity contribution in [2.24, 2.45) is 0 Å². The molecule has 0 radical (unpaired) electrons. The van der Waals surface area contributed by atoms with E-state index < -0.39 is 12.0 Å². The molecule has 31 heavy (non-hydrogen) atoms. The van der Waals surface area contributed by atoms with Crippen LogP contribution in [0.25, 0.3) is 0 Å². The molecule has 1 aromatic heterocycles. The van der Waals surface area contributed by atoms with Gasteiger partial charge in [-0.15, -0.1) is 5.10 Å². The van der Waals surface area contributed by atoms with Crippen molar-refractivity contribution in [1.29, 1.82) is 0 Å². The molecule has 0 aliphatic carbocycles. The molecule has 2 heterocycles. The normalized spacial score (nSPS) is 15.3. The second-order valence-corrected chi connectivity index (χ2v) is 8.23. The maximum absolute atomic E-state index is 12.6. The average Bonchev–Trinajstić information content (AvgIpc) is 3.19. The molecule has 1 N–H and O–H groups in total. The number of ether oxygens (including phenoxy) is 2. The summed E-state index contributed by atoms with van der Waals surface area (Å²) in [5, 5.41) is 9.15. The summed E-state index contributed by atoms with van der Waals surface area (Å²) in [5.41, 5.74) is 2.98. The lowest BCUT2D eigenvalue weighted by molar-refractivity contribution is -0.136. The number of hydrogen-bond donors (Lipinski definition) is 1. The predicted molar refractivity (Wildman–Crippen MR) is 121 cm³/mol. The molecule has 0 saturated heterocycles. The molecule has 1 aliphatic heterocycles. The van der Waals surface area contributed by atoms with E-state index >= 15 is 0 Å². The summed E-state index contributed by atoms with van der Waals surface area (Å²) < 4.78 is 12.1. The molecule has 0 bridgehead atoms. The zero-order valence-electron chi connectivity index (χ0n) is 17.3. The number of hydrogen-bond acceptors (Lipinski definition) is 7. The van der Waals surface area contributed by atoms with Crippen LogP contribution in [0.1, 0.15) is 24.1 Å². The van der Waals surface area contributed by atoms with Crippen LogP contribution in [0.5, 0.6) is 5.75 Å². The van der Waals surface area contributed by atoms with Gasteiger partial charge in [-0.05, 0) is 36.2 Å². The van der Waals surface area contributed by atoms with Gasteiger partial charge in [-0.1, -0.05) is 53.7 Å². The number of carbonyl (C=O) groups is 1. The molecule has 1 atom stereocenters. The van der Waals surface area contributed by atoms with Gasteiger partial charge in [-0.25, -0.2) is 9.48 Å². The van der Waals surface area contributed by atoms with E-state index in [1.807, 2.05) is 55.5 Å². The number of fused-ring (bicyclic) bond motifs is 1. The van der Waals surface area contributed by atoms with E-state index in [0.717, 1.165) is 11.1 Å². The van der Waals surface area contributed by atoms with Gasteiger partial charge in [0.05, 0.1) is 19.8 Å². The van der Waals surface area contributed by atoms with E-state index in [0.29, 0.717) is 38.9 Å². The Morgan fingerprint density at radius 3 is 2.77 bits per heavy atom. The zero-order valence-corrected chi connectivity index (χ0v) is 18.8. The van der Waals surface area contributed by atoms with E-state index in [1.165, 1.54) is 18.9 Å². The third kappa shape index (κ3) is 4.26. The van der Waals surface area contributed by atoms with Crippen molar-refractivity contribution >= 4 is 35.3 Å². The summed E-state index contributed by atoms with van der Waals surface area (Å²) in [6.45, 7) is 1.83. The van der Waals surface area contributed by atoms with Crippen LogP contribution in [0.2, 0.25) is 5.02 Å². The molecule has 160 valence electrons. The van der Waals surface area contributed by atoms with Gasteiger partial charge in [-0.3, -0.25) is 0 Å². The average molecular weight is 457 g/mol. The number of aromatic nitrogens is 3. The van der Waals surface area contributed by atoms with Crippen molar-refractivity contribution in [2.45, 2.75) is 23.9 Å². The fourth-order valence-corrected chi connectivity index (χ4v) is 4.56. The predicted octanol–water partition coefficient (Wildman–Crippen LogP) is 4.69. The SMILES string of the molecule is COC(=O)C1=C(C)Nc2nc(SCc3ccccc3Cl)nn2C1c1cccc(OC)c1. The number of allylic oxidation sites excluding steroid dienone is 1. The molecule has 0 fully saturated rings. The molecule has 0 saturated carbocycles. The number of methoxy groups -OCH3 is 2. The van der Waals surface area contributed by atoms with Crippen LogP contribution in [0.15, 0.2) is 65.0 Å². The Morgan fingerprint density at radius 2 is 2.03 bits per heavy atom. The van der Waals surface area contributed by atoms with Crippen molar-refractivity contribution in [3.05, 3.63) is 76.0 Å². The first-order chi connectivity index (χ1) is 15.0. The molecule has 7 nitrogen and oxygen atoms in total. The zero-order chi connectivity index (χ0) is 22.0. The third-order valence-electron chi connectivity index (χ3n) is 4.96. The Balaban J connectivity index is 1.72. The van der Waals surface area contributed by atoms with Crippen LogP contribution in [0, 0.1) is 0 Å². The van der Waals surface area contributed by atoms with Crippen molar-refractivity contribution in [3.63, 3.8) is 0 Å². The van der Waals surface area contributed by atoms with E-state index in [9.17, 15) is 4.79 Å². The molecule has 0 amide bonds. The van der Waals surface area contributed by atoms with E-state index in [1.54, 1.807) is 11.8 Å². The summed E-state index contributed by atoms with van der Waals surface area (Å²) >= 11 is 7.75. The van der Waals surface area contributed by atoms with Gasteiger partial charge in [0.2, 0.25) is 11.1 Å². The number of nitrogens with one attached hydrogen (secondary N) is 1. The summed E-state index contributed by atoms with van der Waals surface area (Å²) in [6.07, 6.45) is 0. The first-order valence-corrected chi connectivity index (χ1v) is 10.9. The van der Waals surface area contributed by atoms with E-state index in [2.05, 4.69) is 10.3 Å². The smallest absolute Gasteiger partial charge is 0.338 e. The molecule has 3 aromatic rings. The van der Waals surface area contributed by atoms with Crippen LogP contribution in [-0.2, 0) is 15.3 Å². The van der Waals surface area contributed by atoms with Gasteiger partial charge in [0.15, 0.2) is 0 Å². The maximum Gasteiger partial charge on any atom is 0.338 e. The molecule has 1 unspecified atom stereocenters. The highest BCUT2D eigenvalue weighted by molar-refractivity contribution is 7.98. The number of halogens is 1. The number of rotatable bonds is 6. The quantitative estimate of drug-likeness (QED) is 0.425. The topological polar surface area (TPSA) is 78.3 Å². The summed E-state index contributed by atoms with van der Waals surface area (Å²) in [7, 11) is 2.97. The van der Waals surface area contributed by atoms with Crippen molar-refractivity contribution < 1.29 is 14.3 Å². The molecule has 2 aromatic carbocycles. The van der Waals surface area contributed by atoms with Crippen LogP contribution >= 0.6 is 23.4 Å². The highest BCUT2D eigenvalue weighted by atomic mass is 35.5. The second-order valence-electron chi connectivity index (χ2n) is 6.88. The Labute approximate surface area is 189 Å². The van der Waals surface area contributed by atoms with Crippen LogP contribution in [-0.4, -0.2) is 35.0 Å². The van der Waals surface area contributed by atoms with E-state index in [-0.39, 0.29) is 0 Å². The van der Waals surface area contributed by atoms with Crippen LogP contribution in [0.4, 0.5) is 5.95 Å². The van der Waals surface area contributed by atoms with Crippen LogP contribution in [0.3, 0.4) is 0 Å². The number of esters is 1. The van der Waals surface area contributed by atoms with Gasteiger partial charge >= 0.3 is 5.97 Å². The molecule has 1 aliphatic rings. The lowest BCUT2D eigenvalue weighted by atomic mass is 9.95. The Morgan fingerprint density at radius 1 is 1.23 bits per heavy atom. The monoisotopic (exact) mass is 456 g/mol. The van der Waals surface area contributed by atoms with Gasteiger partial charge in [-0.2, -0.15) is 4.98 Å². The Hall–Kier alpha value is -2.97. The molecular formula is C22H21ClN4O3S.